The summed E-state index contributed by atoms with van der Waals surface area (Å²) in [6, 6.07) is 1.36. The average molecular weight is 302 g/mol. The third-order valence-electron chi connectivity index (χ3n) is 2.76. The number of alkyl halides is 3. The fourth-order valence-electron chi connectivity index (χ4n) is 1.80. The molecule has 1 aromatic carbocycles. The summed E-state index contributed by atoms with van der Waals surface area (Å²) < 4.78 is 43.7. The molecule has 0 unspecified atom stereocenters. The van der Waals surface area contributed by atoms with Crippen LogP contribution in [0.3, 0.4) is 0 Å². The number of nitrogens with zero attached hydrogens (tertiary/aromatic N) is 1. The molecular weight excluding hydrogens is 293 g/mol. The van der Waals surface area contributed by atoms with Crippen molar-refractivity contribution in [1.82, 2.24) is 4.98 Å². The molecule has 0 spiro atoms. The zero-order chi connectivity index (χ0) is 15.8. The molecule has 0 saturated heterocycles. The Morgan fingerprint density at radius 2 is 2.10 bits per heavy atom. The van der Waals surface area contributed by atoms with Crippen LogP contribution in [0.4, 0.5) is 18.9 Å². The van der Waals surface area contributed by atoms with Gasteiger partial charge in [-0.2, -0.15) is 13.2 Å². The number of nitro groups is 1. The van der Waals surface area contributed by atoms with E-state index in [1.54, 1.807) is 0 Å². The van der Waals surface area contributed by atoms with E-state index in [-0.39, 0.29) is 23.1 Å². The molecule has 0 saturated carbocycles. The van der Waals surface area contributed by atoms with Gasteiger partial charge in [0.25, 0.3) is 5.69 Å². The van der Waals surface area contributed by atoms with Crippen LogP contribution in [0.25, 0.3) is 10.9 Å². The van der Waals surface area contributed by atoms with Gasteiger partial charge in [-0.05, 0) is 0 Å². The van der Waals surface area contributed by atoms with Gasteiger partial charge in [-0.15, -0.1) is 0 Å². The second-order valence-corrected chi connectivity index (χ2v) is 4.15. The highest BCUT2D eigenvalue weighted by Gasteiger charge is 2.36. The Morgan fingerprint density at radius 1 is 1.43 bits per heavy atom. The number of ether oxygens (including phenoxy) is 1. The lowest BCUT2D eigenvalue weighted by Crippen LogP contribution is -2.07. The molecule has 0 fully saturated rings. The number of aromatic nitrogens is 1. The normalized spacial score (nSPS) is 11.6. The Kier molecular flexibility index (Phi) is 3.58. The zero-order valence-electron chi connectivity index (χ0n) is 10.7. The summed E-state index contributed by atoms with van der Waals surface area (Å²) in [4.78, 5) is 23.4. The van der Waals surface area contributed by atoms with E-state index in [0.29, 0.717) is 6.07 Å². The molecule has 6 nitrogen and oxygen atoms in total. The van der Waals surface area contributed by atoms with E-state index >= 15 is 0 Å². The smallest absolute Gasteiger partial charge is 0.418 e. The minimum absolute atomic E-state index is 0.0216. The first-order chi connectivity index (χ1) is 9.74. The molecule has 2 aromatic rings. The standard InChI is InChI=1S/C12H9F3N2O4/c1-2-10(18)21-9-5-16-11-7(9)3-6(17(19)20)4-8(11)12(13,14)15/h3-5,16H,2H2,1H3. The SMILES string of the molecule is CCC(=O)Oc1c[nH]c2c(C(F)(F)F)cc([N+](=O)[O-])cc12. The Balaban J connectivity index is 2.69. The summed E-state index contributed by atoms with van der Waals surface area (Å²) >= 11 is 0. The summed E-state index contributed by atoms with van der Waals surface area (Å²) in [6.45, 7) is 1.51. The van der Waals surface area contributed by atoms with Crippen molar-refractivity contribution < 1.29 is 27.6 Å². The molecule has 0 aliphatic heterocycles. The molecule has 112 valence electrons. The minimum Gasteiger partial charge on any atom is -0.424 e. The van der Waals surface area contributed by atoms with Gasteiger partial charge in [-0.3, -0.25) is 14.9 Å². The third kappa shape index (κ3) is 2.81. The fourth-order valence-corrected chi connectivity index (χ4v) is 1.80. The van der Waals surface area contributed by atoms with Crippen LogP contribution in [0.1, 0.15) is 18.9 Å². The van der Waals surface area contributed by atoms with Crippen molar-refractivity contribution in [3.8, 4) is 5.75 Å². The predicted octanol–water partition coefficient (Wildman–Crippen LogP) is 3.41. The molecule has 1 heterocycles. The van der Waals surface area contributed by atoms with E-state index in [2.05, 4.69) is 4.98 Å². The summed E-state index contributed by atoms with van der Waals surface area (Å²) in [5, 5.41) is 10.6. The lowest BCUT2D eigenvalue weighted by molar-refractivity contribution is -0.385. The molecular formula is C12H9F3N2O4. The van der Waals surface area contributed by atoms with E-state index in [9.17, 15) is 28.1 Å². The largest absolute Gasteiger partial charge is 0.424 e. The predicted molar refractivity (Wildman–Crippen MR) is 65.9 cm³/mol. The number of rotatable bonds is 3. The number of nitrogens with one attached hydrogen (secondary N) is 1. The quantitative estimate of drug-likeness (QED) is 0.535. The highest BCUT2D eigenvalue weighted by atomic mass is 19.4. The van der Waals surface area contributed by atoms with Gasteiger partial charge in [-0.1, -0.05) is 6.92 Å². The summed E-state index contributed by atoms with van der Waals surface area (Å²) in [5.74, 6) is -0.831. The summed E-state index contributed by atoms with van der Waals surface area (Å²) in [6.07, 6.45) is -3.69. The molecule has 21 heavy (non-hydrogen) atoms. The van der Waals surface area contributed by atoms with E-state index in [0.717, 1.165) is 12.3 Å². The number of esters is 1. The van der Waals surface area contributed by atoms with Crippen LogP contribution in [-0.2, 0) is 11.0 Å². The van der Waals surface area contributed by atoms with Crippen molar-refractivity contribution >= 4 is 22.6 Å². The molecule has 0 aliphatic carbocycles. The molecule has 2 rings (SSSR count). The van der Waals surface area contributed by atoms with Crippen molar-refractivity contribution in [3.63, 3.8) is 0 Å². The molecule has 0 aliphatic rings. The summed E-state index contributed by atoms with van der Waals surface area (Å²) in [5.41, 5.74) is -2.29. The van der Waals surface area contributed by atoms with E-state index in [1.807, 2.05) is 0 Å². The minimum atomic E-state index is -4.78. The number of halogens is 3. The number of aromatic amines is 1. The number of H-pyrrole nitrogens is 1. The van der Waals surface area contributed by atoms with Gasteiger partial charge >= 0.3 is 12.1 Å². The van der Waals surface area contributed by atoms with Gasteiger partial charge in [0.2, 0.25) is 0 Å². The monoisotopic (exact) mass is 302 g/mol. The third-order valence-corrected chi connectivity index (χ3v) is 2.76. The fraction of sp³-hybridized carbons (Fsp3) is 0.250. The average Bonchev–Trinajstić information content (AvgIpc) is 2.79. The molecule has 9 heteroatoms. The number of hydrogen-bond acceptors (Lipinski definition) is 4. The van der Waals surface area contributed by atoms with E-state index in [4.69, 9.17) is 4.74 Å². The van der Waals surface area contributed by atoms with Gasteiger partial charge in [0.05, 0.1) is 16.0 Å². The zero-order valence-corrected chi connectivity index (χ0v) is 10.7. The van der Waals surface area contributed by atoms with Crippen molar-refractivity contribution in [2.75, 3.05) is 0 Å². The number of hydrogen-bond donors (Lipinski definition) is 1. The summed E-state index contributed by atoms with van der Waals surface area (Å²) in [7, 11) is 0. The van der Waals surface area contributed by atoms with Crippen LogP contribution in [-0.4, -0.2) is 15.9 Å². The Morgan fingerprint density at radius 3 is 2.62 bits per heavy atom. The van der Waals surface area contributed by atoms with Crippen LogP contribution in [0.15, 0.2) is 18.3 Å². The molecule has 0 radical (unpaired) electrons. The first kappa shape index (κ1) is 14.8. The van der Waals surface area contributed by atoms with E-state index < -0.39 is 28.3 Å². The van der Waals surface area contributed by atoms with E-state index in [1.165, 1.54) is 6.92 Å². The number of fused-ring (bicyclic) bond motifs is 1. The second-order valence-electron chi connectivity index (χ2n) is 4.15. The van der Waals surface area contributed by atoms with Crippen molar-refractivity contribution in [1.29, 1.82) is 0 Å². The first-order valence-electron chi connectivity index (χ1n) is 5.81. The Bertz CT molecular complexity index is 721. The maximum Gasteiger partial charge on any atom is 0.418 e. The second kappa shape index (κ2) is 5.08. The van der Waals surface area contributed by atoms with Crippen LogP contribution in [0.2, 0.25) is 0 Å². The lowest BCUT2D eigenvalue weighted by atomic mass is 10.1. The number of non-ortho nitro benzene ring substituents is 1. The maximum atomic E-state index is 12.9. The van der Waals surface area contributed by atoms with Gasteiger partial charge in [0.1, 0.15) is 0 Å². The first-order valence-corrected chi connectivity index (χ1v) is 5.81. The van der Waals surface area contributed by atoms with Crippen LogP contribution >= 0.6 is 0 Å². The lowest BCUT2D eigenvalue weighted by Gasteiger charge is -2.08. The molecule has 0 amide bonds. The van der Waals surface area contributed by atoms with Crippen molar-refractivity contribution in [2.45, 2.75) is 19.5 Å². The Hall–Kier alpha value is -2.58. The van der Waals surface area contributed by atoms with Gasteiger partial charge in [0.15, 0.2) is 5.75 Å². The van der Waals surface area contributed by atoms with Gasteiger partial charge in [0, 0.05) is 30.1 Å². The highest BCUT2D eigenvalue weighted by Crippen LogP contribution is 2.40. The number of carbonyl (C=O) groups excluding carboxylic acids is 1. The Labute approximate surface area is 115 Å². The van der Waals surface area contributed by atoms with Crippen LogP contribution in [0, 0.1) is 10.1 Å². The number of carbonyl (C=O) groups is 1. The topological polar surface area (TPSA) is 85.2 Å². The molecule has 1 aromatic heterocycles. The molecule has 1 N–H and O–H groups in total. The van der Waals surface area contributed by atoms with Crippen LogP contribution in [0.5, 0.6) is 5.75 Å². The van der Waals surface area contributed by atoms with Crippen molar-refractivity contribution in [3.05, 3.63) is 34.0 Å². The highest BCUT2D eigenvalue weighted by molar-refractivity contribution is 5.93. The molecule has 0 bridgehead atoms. The van der Waals surface area contributed by atoms with Gasteiger partial charge < -0.3 is 9.72 Å². The number of benzene rings is 1. The van der Waals surface area contributed by atoms with Crippen LogP contribution < -0.4 is 4.74 Å². The maximum absolute atomic E-state index is 12.9. The number of nitro benzene ring substituents is 1. The van der Waals surface area contributed by atoms with Gasteiger partial charge in [-0.25, -0.2) is 0 Å². The van der Waals surface area contributed by atoms with Crippen molar-refractivity contribution in [2.24, 2.45) is 0 Å². The molecule has 0 atom stereocenters.